The monoisotopic (exact) mass is 237 g/mol. The molecule has 3 heteroatoms. The SMILES string of the molecule is NC1(C2OCCc3sccc32)CCCCC1. The topological polar surface area (TPSA) is 35.2 Å². The van der Waals surface area contributed by atoms with E-state index in [4.69, 9.17) is 10.5 Å². The minimum Gasteiger partial charge on any atom is -0.371 e. The van der Waals surface area contributed by atoms with Gasteiger partial charge in [-0.3, -0.25) is 0 Å². The van der Waals surface area contributed by atoms with Gasteiger partial charge < -0.3 is 10.5 Å². The lowest BCUT2D eigenvalue weighted by Gasteiger charge is -2.42. The number of fused-ring (bicyclic) bond motifs is 1. The van der Waals surface area contributed by atoms with Crippen molar-refractivity contribution in [1.82, 2.24) is 0 Å². The molecule has 1 aliphatic carbocycles. The van der Waals surface area contributed by atoms with Crippen molar-refractivity contribution < 1.29 is 4.74 Å². The maximum absolute atomic E-state index is 6.59. The molecule has 88 valence electrons. The predicted octanol–water partition coefficient (Wildman–Crippen LogP) is 3.02. The molecule has 1 atom stereocenters. The molecular weight excluding hydrogens is 218 g/mol. The van der Waals surface area contributed by atoms with Gasteiger partial charge in [-0.1, -0.05) is 19.3 Å². The molecule has 2 heterocycles. The van der Waals surface area contributed by atoms with Gasteiger partial charge in [-0.05, 0) is 29.9 Å². The van der Waals surface area contributed by atoms with E-state index in [0.717, 1.165) is 25.9 Å². The van der Waals surface area contributed by atoms with Gasteiger partial charge in [0.2, 0.25) is 0 Å². The molecule has 3 rings (SSSR count). The summed E-state index contributed by atoms with van der Waals surface area (Å²) in [7, 11) is 0. The summed E-state index contributed by atoms with van der Waals surface area (Å²) in [5, 5.41) is 2.18. The number of hydrogen-bond donors (Lipinski definition) is 1. The van der Waals surface area contributed by atoms with Crippen LogP contribution in [0.1, 0.15) is 48.6 Å². The Labute approximate surface area is 101 Å². The van der Waals surface area contributed by atoms with Crippen LogP contribution in [0.3, 0.4) is 0 Å². The summed E-state index contributed by atoms with van der Waals surface area (Å²) in [6, 6.07) is 2.22. The van der Waals surface area contributed by atoms with Crippen LogP contribution in [0, 0.1) is 0 Å². The summed E-state index contributed by atoms with van der Waals surface area (Å²) in [4.78, 5) is 1.49. The number of thiophene rings is 1. The van der Waals surface area contributed by atoms with E-state index in [9.17, 15) is 0 Å². The molecule has 0 bridgehead atoms. The summed E-state index contributed by atoms with van der Waals surface area (Å²) < 4.78 is 5.99. The molecule has 16 heavy (non-hydrogen) atoms. The van der Waals surface area contributed by atoms with E-state index in [1.54, 1.807) is 0 Å². The standard InChI is InChI=1S/C13H19NOS/c14-13(6-2-1-3-7-13)12-10-5-9-16-11(10)4-8-15-12/h5,9,12H,1-4,6-8,14H2. The Kier molecular flexibility index (Phi) is 2.78. The first-order chi connectivity index (χ1) is 7.80. The maximum atomic E-state index is 6.59. The van der Waals surface area contributed by atoms with Crippen LogP contribution < -0.4 is 5.73 Å². The Bertz CT molecular complexity index is 368. The van der Waals surface area contributed by atoms with Crippen LogP contribution in [-0.4, -0.2) is 12.1 Å². The third-order valence-corrected chi connectivity index (χ3v) is 4.98. The lowest BCUT2D eigenvalue weighted by molar-refractivity contribution is -0.0245. The number of rotatable bonds is 1. The normalized spacial score (nSPS) is 28.7. The Hall–Kier alpha value is -0.380. The summed E-state index contributed by atoms with van der Waals surface area (Å²) >= 11 is 1.86. The first-order valence-corrected chi connectivity index (χ1v) is 7.14. The van der Waals surface area contributed by atoms with E-state index in [1.165, 1.54) is 29.7 Å². The number of ether oxygens (including phenoxy) is 1. The predicted molar refractivity (Wildman–Crippen MR) is 66.7 cm³/mol. The lowest BCUT2D eigenvalue weighted by Crippen LogP contribution is -2.49. The van der Waals surface area contributed by atoms with Crippen LogP contribution in [0.2, 0.25) is 0 Å². The molecule has 1 saturated carbocycles. The van der Waals surface area contributed by atoms with Gasteiger partial charge in [0, 0.05) is 16.8 Å². The van der Waals surface area contributed by atoms with Crippen molar-refractivity contribution in [2.45, 2.75) is 50.2 Å². The Morgan fingerprint density at radius 3 is 2.94 bits per heavy atom. The van der Waals surface area contributed by atoms with Gasteiger partial charge in [0.25, 0.3) is 0 Å². The van der Waals surface area contributed by atoms with Crippen LogP contribution >= 0.6 is 11.3 Å². The summed E-state index contributed by atoms with van der Waals surface area (Å²) in [5.41, 5.74) is 7.86. The molecule has 0 amide bonds. The Balaban J connectivity index is 1.90. The molecule has 1 unspecified atom stereocenters. The highest BCUT2D eigenvalue weighted by Gasteiger charge is 2.40. The van der Waals surface area contributed by atoms with E-state index in [0.29, 0.717) is 0 Å². The van der Waals surface area contributed by atoms with Crippen molar-refractivity contribution in [2.75, 3.05) is 6.61 Å². The molecule has 2 aliphatic rings. The average molecular weight is 237 g/mol. The zero-order valence-corrected chi connectivity index (χ0v) is 10.4. The largest absolute Gasteiger partial charge is 0.371 e. The second-order valence-electron chi connectivity index (χ2n) is 5.09. The van der Waals surface area contributed by atoms with Gasteiger partial charge in [-0.25, -0.2) is 0 Å². The summed E-state index contributed by atoms with van der Waals surface area (Å²) in [6.07, 6.45) is 7.32. The van der Waals surface area contributed by atoms with Gasteiger partial charge >= 0.3 is 0 Å². The molecule has 0 spiro atoms. The molecule has 1 aliphatic heterocycles. The first kappa shape index (κ1) is 10.8. The summed E-state index contributed by atoms with van der Waals surface area (Å²) in [5.74, 6) is 0. The molecule has 1 aromatic rings. The highest BCUT2D eigenvalue weighted by molar-refractivity contribution is 7.10. The van der Waals surface area contributed by atoms with Crippen LogP contribution in [0.5, 0.6) is 0 Å². The van der Waals surface area contributed by atoms with Crippen LogP contribution in [0.25, 0.3) is 0 Å². The van der Waals surface area contributed by atoms with Gasteiger partial charge in [0.05, 0.1) is 6.61 Å². The fraction of sp³-hybridized carbons (Fsp3) is 0.692. The highest BCUT2D eigenvalue weighted by Crippen LogP contribution is 2.43. The van der Waals surface area contributed by atoms with Gasteiger partial charge in [0.1, 0.15) is 6.10 Å². The molecule has 1 aromatic heterocycles. The molecular formula is C13H19NOS. The average Bonchev–Trinajstić information content (AvgIpc) is 2.77. The maximum Gasteiger partial charge on any atom is 0.101 e. The zero-order chi connectivity index (χ0) is 11.0. The van der Waals surface area contributed by atoms with Crippen molar-refractivity contribution in [3.63, 3.8) is 0 Å². The molecule has 2 nitrogen and oxygen atoms in total. The van der Waals surface area contributed by atoms with E-state index in [2.05, 4.69) is 11.4 Å². The van der Waals surface area contributed by atoms with Crippen molar-refractivity contribution in [3.05, 3.63) is 21.9 Å². The van der Waals surface area contributed by atoms with Crippen LogP contribution in [0.4, 0.5) is 0 Å². The molecule has 0 radical (unpaired) electrons. The molecule has 0 aromatic carbocycles. The molecule has 0 saturated heterocycles. The smallest absolute Gasteiger partial charge is 0.101 e. The second kappa shape index (κ2) is 4.13. The van der Waals surface area contributed by atoms with E-state index in [1.807, 2.05) is 11.3 Å². The fourth-order valence-corrected chi connectivity index (χ4v) is 3.99. The lowest BCUT2D eigenvalue weighted by atomic mass is 9.75. The third-order valence-electron chi connectivity index (χ3n) is 3.98. The fourth-order valence-electron chi connectivity index (χ4n) is 3.09. The highest BCUT2D eigenvalue weighted by atomic mass is 32.1. The van der Waals surface area contributed by atoms with E-state index in [-0.39, 0.29) is 11.6 Å². The molecule has 1 fully saturated rings. The van der Waals surface area contributed by atoms with Crippen molar-refractivity contribution in [1.29, 1.82) is 0 Å². The quantitative estimate of drug-likeness (QED) is 0.815. The van der Waals surface area contributed by atoms with Crippen molar-refractivity contribution >= 4 is 11.3 Å². The minimum atomic E-state index is -0.103. The summed E-state index contributed by atoms with van der Waals surface area (Å²) in [6.45, 7) is 0.844. The van der Waals surface area contributed by atoms with Crippen LogP contribution in [0.15, 0.2) is 11.4 Å². The van der Waals surface area contributed by atoms with E-state index >= 15 is 0 Å². The number of nitrogens with two attached hydrogens (primary N) is 1. The van der Waals surface area contributed by atoms with Crippen LogP contribution in [-0.2, 0) is 11.2 Å². The Morgan fingerprint density at radius 2 is 2.12 bits per heavy atom. The van der Waals surface area contributed by atoms with E-state index < -0.39 is 0 Å². The van der Waals surface area contributed by atoms with Crippen molar-refractivity contribution in [3.8, 4) is 0 Å². The van der Waals surface area contributed by atoms with Gasteiger partial charge in [-0.2, -0.15) is 0 Å². The first-order valence-electron chi connectivity index (χ1n) is 6.26. The van der Waals surface area contributed by atoms with Crippen molar-refractivity contribution in [2.24, 2.45) is 5.73 Å². The zero-order valence-electron chi connectivity index (χ0n) is 9.58. The number of hydrogen-bond acceptors (Lipinski definition) is 3. The minimum absolute atomic E-state index is 0.103. The second-order valence-corrected chi connectivity index (χ2v) is 6.09. The third kappa shape index (κ3) is 1.71. The molecule has 2 N–H and O–H groups in total. The Morgan fingerprint density at radius 1 is 1.31 bits per heavy atom. The van der Waals surface area contributed by atoms with Gasteiger partial charge in [0.15, 0.2) is 0 Å². The van der Waals surface area contributed by atoms with Gasteiger partial charge in [-0.15, -0.1) is 11.3 Å².